The van der Waals surface area contributed by atoms with Crippen LogP contribution >= 0.6 is 0 Å². The summed E-state index contributed by atoms with van der Waals surface area (Å²) in [7, 11) is 0. The number of nitrogens with zero attached hydrogens (tertiary/aromatic N) is 2. The van der Waals surface area contributed by atoms with Crippen molar-refractivity contribution >= 4 is 22.6 Å². The maximum atomic E-state index is 12.7. The number of carbonyl (C=O) groups is 2. The van der Waals surface area contributed by atoms with Crippen molar-refractivity contribution in [3.63, 3.8) is 0 Å². The van der Waals surface area contributed by atoms with E-state index in [1.807, 2.05) is 26.0 Å². The molecular weight excluding hydrogens is 384 g/mol. The lowest BCUT2D eigenvalue weighted by molar-refractivity contribution is -0.128. The number of aryl methyl sites for hydroxylation is 2. The Hall–Kier alpha value is -3.68. The van der Waals surface area contributed by atoms with Gasteiger partial charge in [-0.25, -0.2) is 4.68 Å². The molecule has 156 valence electrons. The molecule has 0 aliphatic heterocycles. The lowest BCUT2D eigenvalue weighted by atomic mass is 10.1. The third kappa shape index (κ3) is 4.65. The highest BCUT2D eigenvalue weighted by atomic mass is 16.5. The predicted molar refractivity (Wildman–Crippen MR) is 113 cm³/mol. The zero-order valence-corrected chi connectivity index (χ0v) is 17.1. The lowest BCUT2D eigenvalue weighted by Gasteiger charge is -2.16. The third-order valence-corrected chi connectivity index (χ3v) is 4.52. The number of aromatic nitrogens is 2. The fourth-order valence-electron chi connectivity index (χ4n) is 2.92. The predicted octanol–water partition coefficient (Wildman–Crippen LogP) is 2.34. The number of hydrogen-bond acceptors (Lipinski definition) is 5. The summed E-state index contributed by atoms with van der Waals surface area (Å²) < 4.78 is 6.85. The van der Waals surface area contributed by atoms with Gasteiger partial charge in [0.15, 0.2) is 11.8 Å². The van der Waals surface area contributed by atoms with Crippen molar-refractivity contribution in [1.29, 1.82) is 0 Å². The Bertz CT molecular complexity index is 1120. The average molecular weight is 408 g/mol. The van der Waals surface area contributed by atoms with Crippen molar-refractivity contribution in [2.24, 2.45) is 0 Å². The highest BCUT2D eigenvalue weighted by molar-refractivity contribution is 6.05. The van der Waals surface area contributed by atoms with Crippen molar-refractivity contribution in [2.45, 2.75) is 39.8 Å². The molecule has 0 aliphatic rings. The Kier molecular flexibility index (Phi) is 6.46. The summed E-state index contributed by atoms with van der Waals surface area (Å²) >= 11 is 0. The standard InChI is InChI=1S/C22H24N4O4/c1-4-13-26-22(29)18-8-6-5-7-17(18)19(25-26)21(28)24-23-20(27)15(3)30-16-11-9-14(2)10-12-16/h5-12,15H,4,13H2,1-3H3,(H,23,27)(H,24,28). The summed E-state index contributed by atoms with van der Waals surface area (Å²) in [5.74, 6) is -0.587. The zero-order valence-electron chi connectivity index (χ0n) is 17.1. The van der Waals surface area contributed by atoms with Crippen LogP contribution in [0.5, 0.6) is 5.75 Å². The van der Waals surface area contributed by atoms with Crippen LogP contribution in [-0.2, 0) is 11.3 Å². The van der Waals surface area contributed by atoms with Crippen molar-refractivity contribution in [3.05, 3.63) is 70.1 Å². The van der Waals surface area contributed by atoms with Gasteiger partial charge in [0.05, 0.1) is 5.39 Å². The molecule has 2 amide bonds. The van der Waals surface area contributed by atoms with Gasteiger partial charge < -0.3 is 4.74 Å². The van der Waals surface area contributed by atoms with Crippen LogP contribution in [0.1, 0.15) is 36.3 Å². The minimum Gasteiger partial charge on any atom is -0.481 e. The largest absolute Gasteiger partial charge is 0.481 e. The number of rotatable bonds is 6. The fourth-order valence-corrected chi connectivity index (χ4v) is 2.92. The van der Waals surface area contributed by atoms with Crippen molar-refractivity contribution in [2.75, 3.05) is 0 Å². The molecule has 1 aromatic heterocycles. The van der Waals surface area contributed by atoms with Crippen LogP contribution in [0, 0.1) is 6.92 Å². The first-order chi connectivity index (χ1) is 14.4. The van der Waals surface area contributed by atoms with E-state index in [1.165, 1.54) is 4.68 Å². The Morgan fingerprint density at radius 1 is 1.07 bits per heavy atom. The topological polar surface area (TPSA) is 102 Å². The number of benzene rings is 2. The van der Waals surface area contributed by atoms with Gasteiger partial charge in [-0.15, -0.1) is 0 Å². The van der Waals surface area contributed by atoms with Gasteiger partial charge >= 0.3 is 0 Å². The Labute approximate surface area is 173 Å². The van der Waals surface area contributed by atoms with E-state index in [4.69, 9.17) is 4.74 Å². The quantitative estimate of drug-likeness (QED) is 0.610. The molecule has 0 aliphatic carbocycles. The van der Waals surface area contributed by atoms with Gasteiger partial charge in [0, 0.05) is 11.9 Å². The first kappa shape index (κ1) is 21.0. The molecule has 3 rings (SSSR count). The van der Waals surface area contributed by atoms with Gasteiger partial charge in [0.25, 0.3) is 17.4 Å². The second-order valence-corrected chi connectivity index (χ2v) is 6.94. The molecule has 2 N–H and O–H groups in total. The molecule has 1 atom stereocenters. The van der Waals surface area contributed by atoms with Crippen molar-refractivity contribution < 1.29 is 14.3 Å². The smallest absolute Gasteiger partial charge is 0.290 e. The summed E-state index contributed by atoms with van der Waals surface area (Å²) in [6.07, 6.45) is -0.136. The normalized spacial score (nSPS) is 11.7. The van der Waals surface area contributed by atoms with Gasteiger partial charge in [-0.3, -0.25) is 25.2 Å². The van der Waals surface area contributed by atoms with Crippen molar-refractivity contribution in [3.8, 4) is 5.75 Å². The maximum Gasteiger partial charge on any atom is 0.290 e. The number of fused-ring (bicyclic) bond motifs is 1. The minimum absolute atomic E-state index is 0.0612. The number of hydrogen-bond donors (Lipinski definition) is 2. The number of ether oxygens (including phenoxy) is 1. The van der Waals surface area contributed by atoms with E-state index >= 15 is 0 Å². The molecule has 0 saturated carbocycles. The zero-order chi connectivity index (χ0) is 21.7. The van der Waals surface area contributed by atoms with Gasteiger partial charge in [-0.1, -0.05) is 42.8 Å². The van der Waals surface area contributed by atoms with E-state index < -0.39 is 17.9 Å². The van der Waals surface area contributed by atoms with Gasteiger partial charge in [-0.2, -0.15) is 5.10 Å². The molecule has 1 unspecified atom stereocenters. The SMILES string of the molecule is CCCn1nc(C(=O)NNC(=O)C(C)Oc2ccc(C)cc2)c2ccccc2c1=O. The Morgan fingerprint density at radius 2 is 1.73 bits per heavy atom. The molecule has 8 heteroatoms. The van der Waals surface area contributed by atoms with Crippen LogP contribution in [0.2, 0.25) is 0 Å². The molecule has 2 aromatic carbocycles. The monoisotopic (exact) mass is 408 g/mol. The van der Waals surface area contributed by atoms with Crippen LogP contribution in [0.15, 0.2) is 53.3 Å². The maximum absolute atomic E-state index is 12.7. The van der Waals surface area contributed by atoms with E-state index in [1.54, 1.807) is 43.3 Å². The van der Waals surface area contributed by atoms with E-state index in [2.05, 4.69) is 16.0 Å². The van der Waals surface area contributed by atoms with Crippen LogP contribution in [-0.4, -0.2) is 27.7 Å². The minimum atomic E-state index is -0.827. The third-order valence-electron chi connectivity index (χ3n) is 4.52. The molecule has 0 bridgehead atoms. The van der Waals surface area contributed by atoms with E-state index in [0.717, 1.165) is 5.56 Å². The van der Waals surface area contributed by atoms with E-state index in [-0.39, 0.29) is 11.3 Å². The number of amides is 2. The van der Waals surface area contributed by atoms with Gasteiger partial charge in [0.1, 0.15) is 5.75 Å². The average Bonchev–Trinajstić information content (AvgIpc) is 2.75. The van der Waals surface area contributed by atoms with Gasteiger partial charge in [0.2, 0.25) is 0 Å². The molecule has 3 aromatic rings. The summed E-state index contributed by atoms with van der Waals surface area (Å²) in [4.78, 5) is 37.5. The molecule has 0 fully saturated rings. The lowest BCUT2D eigenvalue weighted by Crippen LogP contribution is -2.47. The molecule has 8 nitrogen and oxygen atoms in total. The van der Waals surface area contributed by atoms with E-state index in [0.29, 0.717) is 29.5 Å². The number of carbonyl (C=O) groups excluding carboxylic acids is 2. The number of hydrazine groups is 1. The number of nitrogens with one attached hydrogen (secondary N) is 2. The Balaban J connectivity index is 1.73. The summed E-state index contributed by atoms with van der Waals surface area (Å²) in [6.45, 7) is 5.84. The first-order valence-electron chi connectivity index (χ1n) is 9.74. The highest BCUT2D eigenvalue weighted by Gasteiger charge is 2.19. The summed E-state index contributed by atoms with van der Waals surface area (Å²) in [5, 5.41) is 5.02. The summed E-state index contributed by atoms with van der Waals surface area (Å²) in [6, 6.07) is 14.1. The first-order valence-corrected chi connectivity index (χ1v) is 9.74. The second-order valence-electron chi connectivity index (χ2n) is 6.94. The summed E-state index contributed by atoms with van der Waals surface area (Å²) in [5.41, 5.74) is 5.60. The van der Waals surface area contributed by atoms with Crippen LogP contribution < -0.4 is 21.1 Å². The van der Waals surface area contributed by atoms with Crippen molar-refractivity contribution in [1.82, 2.24) is 20.6 Å². The van der Waals surface area contributed by atoms with Crippen LogP contribution in [0.3, 0.4) is 0 Å². The van der Waals surface area contributed by atoms with Crippen LogP contribution in [0.25, 0.3) is 10.8 Å². The highest BCUT2D eigenvalue weighted by Crippen LogP contribution is 2.14. The second kappa shape index (κ2) is 9.21. The fraction of sp³-hybridized carbons (Fsp3) is 0.273. The van der Waals surface area contributed by atoms with E-state index in [9.17, 15) is 14.4 Å². The molecule has 0 spiro atoms. The Morgan fingerprint density at radius 3 is 2.40 bits per heavy atom. The van der Waals surface area contributed by atoms with Gasteiger partial charge in [-0.05, 0) is 38.5 Å². The van der Waals surface area contributed by atoms with Crippen LogP contribution in [0.4, 0.5) is 0 Å². The molecular formula is C22H24N4O4. The molecule has 1 heterocycles. The molecule has 0 radical (unpaired) electrons. The molecule has 30 heavy (non-hydrogen) atoms. The molecule has 0 saturated heterocycles.